The van der Waals surface area contributed by atoms with Crippen LogP contribution in [0.2, 0.25) is 0 Å². The fourth-order valence-corrected chi connectivity index (χ4v) is 2.38. The molecule has 3 atom stereocenters. The van der Waals surface area contributed by atoms with Gasteiger partial charge in [0.05, 0.1) is 0 Å². The van der Waals surface area contributed by atoms with Gasteiger partial charge < -0.3 is 5.73 Å². The van der Waals surface area contributed by atoms with Crippen molar-refractivity contribution in [3.8, 4) is 0 Å². The first-order valence-corrected chi connectivity index (χ1v) is 5.12. The van der Waals surface area contributed by atoms with Crippen molar-refractivity contribution in [1.82, 2.24) is 0 Å². The highest BCUT2D eigenvalue weighted by Crippen LogP contribution is 2.64. The molecule has 0 aromatic heterocycles. The van der Waals surface area contributed by atoms with Gasteiger partial charge in [0.2, 0.25) is 0 Å². The molecular weight excluding hydrogens is 146 g/mol. The molecule has 0 aromatic carbocycles. The molecule has 12 heavy (non-hydrogen) atoms. The molecule has 0 saturated heterocycles. The molecule has 0 aliphatic heterocycles. The first-order valence-electron chi connectivity index (χ1n) is 5.12. The van der Waals surface area contributed by atoms with Crippen LogP contribution in [-0.4, -0.2) is 6.04 Å². The third-order valence-corrected chi connectivity index (χ3v) is 4.32. The molecule has 1 rings (SSSR count). The number of hydrogen-bond donors (Lipinski definition) is 1. The Morgan fingerprint density at radius 3 is 2.00 bits per heavy atom. The van der Waals surface area contributed by atoms with E-state index in [4.69, 9.17) is 5.73 Å². The van der Waals surface area contributed by atoms with Crippen LogP contribution in [0.3, 0.4) is 0 Å². The zero-order valence-corrected chi connectivity index (χ0v) is 9.15. The topological polar surface area (TPSA) is 26.0 Å². The highest BCUT2D eigenvalue weighted by atomic mass is 14.9. The summed E-state index contributed by atoms with van der Waals surface area (Å²) in [6.07, 6.45) is 2.57. The molecule has 72 valence electrons. The van der Waals surface area contributed by atoms with Gasteiger partial charge in [-0.05, 0) is 23.2 Å². The third kappa shape index (κ3) is 1.19. The average molecular weight is 169 g/mol. The molecule has 0 spiro atoms. The Kier molecular flexibility index (Phi) is 2.28. The molecule has 1 fully saturated rings. The van der Waals surface area contributed by atoms with E-state index in [0.717, 1.165) is 5.92 Å². The standard InChI is InChI=1S/C11H23N/c1-6-8(2)7-11(5)9(12)10(11,3)4/h8-9H,6-7,12H2,1-5H3. The summed E-state index contributed by atoms with van der Waals surface area (Å²) in [6.45, 7) is 11.5. The van der Waals surface area contributed by atoms with Crippen LogP contribution in [0.1, 0.15) is 47.5 Å². The van der Waals surface area contributed by atoms with Crippen LogP contribution in [0, 0.1) is 16.7 Å². The molecule has 0 aromatic rings. The lowest BCUT2D eigenvalue weighted by Gasteiger charge is -2.18. The van der Waals surface area contributed by atoms with Crippen LogP contribution in [0.5, 0.6) is 0 Å². The first kappa shape index (κ1) is 10.0. The van der Waals surface area contributed by atoms with Crippen LogP contribution in [0.25, 0.3) is 0 Å². The summed E-state index contributed by atoms with van der Waals surface area (Å²) in [5.41, 5.74) is 6.86. The monoisotopic (exact) mass is 169 g/mol. The van der Waals surface area contributed by atoms with E-state index in [1.165, 1.54) is 12.8 Å². The Morgan fingerprint density at radius 1 is 1.33 bits per heavy atom. The molecule has 1 heteroatoms. The highest BCUT2D eigenvalue weighted by molar-refractivity contribution is 5.18. The fraction of sp³-hybridized carbons (Fsp3) is 1.00. The van der Waals surface area contributed by atoms with Gasteiger partial charge in [0.25, 0.3) is 0 Å². The van der Waals surface area contributed by atoms with E-state index < -0.39 is 0 Å². The summed E-state index contributed by atoms with van der Waals surface area (Å²) in [7, 11) is 0. The molecule has 0 radical (unpaired) electrons. The Morgan fingerprint density at radius 2 is 1.75 bits per heavy atom. The van der Waals surface area contributed by atoms with E-state index in [-0.39, 0.29) is 0 Å². The van der Waals surface area contributed by atoms with Gasteiger partial charge in [0.1, 0.15) is 0 Å². The summed E-state index contributed by atoms with van der Waals surface area (Å²) in [5.74, 6) is 0.822. The van der Waals surface area contributed by atoms with Gasteiger partial charge in [-0.15, -0.1) is 0 Å². The molecule has 1 saturated carbocycles. The molecule has 0 bridgehead atoms. The van der Waals surface area contributed by atoms with Crippen molar-refractivity contribution in [3.05, 3.63) is 0 Å². The molecule has 0 amide bonds. The van der Waals surface area contributed by atoms with Crippen molar-refractivity contribution in [1.29, 1.82) is 0 Å². The minimum atomic E-state index is 0.371. The van der Waals surface area contributed by atoms with Crippen molar-refractivity contribution >= 4 is 0 Å². The van der Waals surface area contributed by atoms with Crippen molar-refractivity contribution in [2.45, 2.75) is 53.5 Å². The van der Waals surface area contributed by atoms with Crippen molar-refractivity contribution < 1.29 is 0 Å². The molecular formula is C11H23N. The summed E-state index contributed by atoms with van der Waals surface area (Å²) < 4.78 is 0. The average Bonchev–Trinajstić information content (AvgIpc) is 2.35. The van der Waals surface area contributed by atoms with Gasteiger partial charge in [0.15, 0.2) is 0 Å². The lowest BCUT2D eigenvalue weighted by molar-refractivity contribution is 0.320. The molecule has 0 heterocycles. The van der Waals surface area contributed by atoms with Crippen LogP contribution in [-0.2, 0) is 0 Å². The lowest BCUT2D eigenvalue weighted by atomic mass is 9.87. The lowest BCUT2D eigenvalue weighted by Crippen LogP contribution is -2.13. The number of nitrogens with two attached hydrogens (primary N) is 1. The molecule has 3 unspecified atom stereocenters. The Balaban J connectivity index is 2.54. The van der Waals surface area contributed by atoms with Crippen molar-refractivity contribution in [3.63, 3.8) is 0 Å². The van der Waals surface area contributed by atoms with Crippen LogP contribution in [0.4, 0.5) is 0 Å². The summed E-state index contributed by atoms with van der Waals surface area (Å²) in [6, 6.07) is 0.416. The van der Waals surface area contributed by atoms with E-state index in [2.05, 4.69) is 34.6 Å². The smallest absolute Gasteiger partial charge is 0.0156 e. The van der Waals surface area contributed by atoms with Crippen LogP contribution in [0.15, 0.2) is 0 Å². The van der Waals surface area contributed by atoms with Gasteiger partial charge >= 0.3 is 0 Å². The maximum atomic E-state index is 6.08. The Labute approximate surface area is 76.7 Å². The van der Waals surface area contributed by atoms with Crippen LogP contribution >= 0.6 is 0 Å². The summed E-state index contributed by atoms with van der Waals surface area (Å²) in [5, 5.41) is 0. The van der Waals surface area contributed by atoms with E-state index in [1.54, 1.807) is 0 Å². The second kappa shape index (κ2) is 2.73. The van der Waals surface area contributed by atoms with E-state index >= 15 is 0 Å². The second-order valence-electron chi connectivity index (χ2n) is 5.33. The Hall–Kier alpha value is -0.0400. The predicted molar refractivity (Wildman–Crippen MR) is 53.9 cm³/mol. The summed E-state index contributed by atoms with van der Waals surface area (Å²) in [4.78, 5) is 0. The predicted octanol–water partition coefficient (Wildman–Crippen LogP) is 2.80. The molecule has 1 nitrogen and oxygen atoms in total. The van der Waals surface area contributed by atoms with Gasteiger partial charge in [-0.3, -0.25) is 0 Å². The van der Waals surface area contributed by atoms with Gasteiger partial charge in [-0.2, -0.15) is 0 Å². The molecule has 2 N–H and O–H groups in total. The number of rotatable bonds is 3. The SMILES string of the molecule is CCC(C)CC1(C)C(N)C1(C)C. The maximum Gasteiger partial charge on any atom is 0.0156 e. The van der Waals surface area contributed by atoms with Gasteiger partial charge in [0, 0.05) is 6.04 Å². The van der Waals surface area contributed by atoms with Crippen LogP contribution < -0.4 is 5.73 Å². The van der Waals surface area contributed by atoms with E-state index in [0.29, 0.717) is 16.9 Å². The van der Waals surface area contributed by atoms with Gasteiger partial charge in [-0.1, -0.05) is 41.0 Å². The molecule has 1 aliphatic rings. The minimum Gasteiger partial charge on any atom is -0.327 e. The third-order valence-electron chi connectivity index (χ3n) is 4.32. The number of hydrogen-bond acceptors (Lipinski definition) is 1. The molecule has 1 aliphatic carbocycles. The van der Waals surface area contributed by atoms with E-state index in [9.17, 15) is 0 Å². The normalized spacial score (nSPS) is 41.0. The highest BCUT2D eigenvalue weighted by Gasteiger charge is 2.65. The fourth-order valence-electron chi connectivity index (χ4n) is 2.38. The van der Waals surface area contributed by atoms with Crippen molar-refractivity contribution in [2.24, 2.45) is 22.5 Å². The largest absolute Gasteiger partial charge is 0.327 e. The quantitative estimate of drug-likeness (QED) is 0.690. The minimum absolute atomic E-state index is 0.371. The Bertz CT molecular complexity index is 174. The summed E-state index contributed by atoms with van der Waals surface area (Å²) >= 11 is 0. The van der Waals surface area contributed by atoms with Crippen molar-refractivity contribution in [2.75, 3.05) is 0 Å². The zero-order valence-electron chi connectivity index (χ0n) is 9.15. The zero-order chi connectivity index (χ0) is 9.57. The second-order valence-corrected chi connectivity index (χ2v) is 5.33. The maximum absolute atomic E-state index is 6.08. The van der Waals surface area contributed by atoms with Gasteiger partial charge in [-0.25, -0.2) is 0 Å². The first-order chi connectivity index (χ1) is 5.36. The van der Waals surface area contributed by atoms with E-state index in [1.807, 2.05) is 0 Å².